The molecule has 4 unspecified atom stereocenters. The van der Waals surface area contributed by atoms with Crippen LogP contribution in [0.15, 0.2) is 0 Å². The molecule has 1 N–H and O–H groups in total. The number of rotatable bonds is 8. The summed E-state index contributed by atoms with van der Waals surface area (Å²) >= 11 is 0. The van der Waals surface area contributed by atoms with Crippen LogP contribution in [0.1, 0.15) is 65.7 Å². The van der Waals surface area contributed by atoms with Gasteiger partial charge in [-0.3, -0.25) is 0 Å². The van der Waals surface area contributed by atoms with E-state index in [0.717, 1.165) is 18.4 Å². The first-order chi connectivity index (χ1) is 8.72. The summed E-state index contributed by atoms with van der Waals surface area (Å²) in [5.41, 5.74) is 0. The summed E-state index contributed by atoms with van der Waals surface area (Å²) in [5.74, 6) is 1.84. The van der Waals surface area contributed by atoms with Crippen molar-refractivity contribution < 1.29 is 4.74 Å². The minimum Gasteiger partial charge on any atom is -0.382 e. The van der Waals surface area contributed by atoms with Gasteiger partial charge in [-0.2, -0.15) is 0 Å². The van der Waals surface area contributed by atoms with Gasteiger partial charge in [-0.05, 0) is 44.6 Å². The quantitative estimate of drug-likeness (QED) is 0.708. The lowest BCUT2D eigenvalue weighted by molar-refractivity contribution is 0.0953. The SMILES string of the molecule is CCNC(CCC(C)OC)C1CCCCC1CC. The summed E-state index contributed by atoms with van der Waals surface area (Å²) in [4.78, 5) is 0. The molecule has 0 saturated heterocycles. The Labute approximate surface area is 114 Å². The van der Waals surface area contributed by atoms with E-state index in [9.17, 15) is 0 Å². The van der Waals surface area contributed by atoms with Gasteiger partial charge in [-0.25, -0.2) is 0 Å². The third kappa shape index (κ3) is 4.89. The highest BCUT2D eigenvalue weighted by atomic mass is 16.5. The number of hydrogen-bond donors (Lipinski definition) is 1. The average Bonchev–Trinajstić information content (AvgIpc) is 2.43. The third-order valence-electron chi connectivity index (χ3n) is 4.76. The van der Waals surface area contributed by atoms with Gasteiger partial charge in [0, 0.05) is 13.2 Å². The van der Waals surface area contributed by atoms with E-state index in [2.05, 4.69) is 26.1 Å². The molecule has 1 rings (SSSR count). The molecule has 0 spiro atoms. The van der Waals surface area contributed by atoms with E-state index < -0.39 is 0 Å². The zero-order valence-electron chi connectivity index (χ0n) is 12.9. The molecule has 0 bridgehead atoms. The average molecular weight is 255 g/mol. The second-order valence-corrected chi connectivity index (χ2v) is 5.90. The smallest absolute Gasteiger partial charge is 0.0543 e. The van der Waals surface area contributed by atoms with Crippen LogP contribution in [0, 0.1) is 11.8 Å². The van der Waals surface area contributed by atoms with Gasteiger partial charge in [0.05, 0.1) is 6.10 Å². The van der Waals surface area contributed by atoms with Crippen molar-refractivity contribution in [2.45, 2.75) is 77.9 Å². The maximum absolute atomic E-state index is 5.39. The molecule has 4 atom stereocenters. The molecule has 0 heterocycles. The summed E-state index contributed by atoms with van der Waals surface area (Å²) < 4.78 is 5.39. The Morgan fingerprint density at radius 2 is 1.89 bits per heavy atom. The fourth-order valence-electron chi connectivity index (χ4n) is 3.53. The normalized spacial score (nSPS) is 28.0. The molecule has 0 radical (unpaired) electrons. The molecule has 0 aromatic rings. The first-order valence-electron chi connectivity index (χ1n) is 7.99. The monoisotopic (exact) mass is 255 g/mol. The molecule has 2 heteroatoms. The molecular weight excluding hydrogens is 222 g/mol. The zero-order valence-corrected chi connectivity index (χ0v) is 12.9. The third-order valence-corrected chi connectivity index (χ3v) is 4.76. The summed E-state index contributed by atoms with van der Waals surface area (Å²) in [6.07, 6.45) is 9.96. The lowest BCUT2D eigenvalue weighted by atomic mass is 9.73. The summed E-state index contributed by atoms with van der Waals surface area (Å²) in [5, 5.41) is 3.74. The van der Waals surface area contributed by atoms with Crippen LogP contribution in [0.2, 0.25) is 0 Å². The lowest BCUT2D eigenvalue weighted by Crippen LogP contribution is -2.41. The highest BCUT2D eigenvalue weighted by Crippen LogP contribution is 2.35. The van der Waals surface area contributed by atoms with Gasteiger partial charge in [-0.1, -0.05) is 39.5 Å². The first-order valence-corrected chi connectivity index (χ1v) is 7.99. The molecule has 1 aliphatic carbocycles. The minimum absolute atomic E-state index is 0.398. The van der Waals surface area contributed by atoms with Crippen molar-refractivity contribution in [3.8, 4) is 0 Å². The Morgan fingerprint density at radius 3 is 2.50 bits per heavy atom. The summed E-state index contributed by atoms with van der Waals surface area (Å²) in [6, 6.07) is 0.706. The zero-order chi connectivity index (χ0) is 13.4. The molecule has 108 valence electrons. The van der Waals surface area contributed by atoms with Crippen LogP contribution in [0.25, 0.3) is 0 Å². The van der Waals surface area contributed by atoms with Crippen LogP contribution in [0.3, 0.4) is 0 Å². The van der Waals surface area contributed by atoms with Gasteiger partial charge < -0.3 is 10.1 Å². The maximum atomic E-state index is 5.39. The van der Waals surface area contributed by atoms with Crippen LogP contribution < -0.4 is 5.32 Å². The van der Waals surface area contributed by atoms with Gasteiger partial charge in [0.2, 0.25) is 0 Å². The van der Waals surface area contributed by atoms with Gasteiger partial charge in [0.15, 0.2) is 0 Å². The largest absolute Gasteiger partial charge is 0.382 e. The van der Waals surface area contributed by atoms with Crippen molar-refractivity contribution >= 4 is 0 Å². The maximum Gasteiger partial charge on any atom is 0.0543 e. The summed E-state index contributed by atoms with van der Waals surface area (Å²) in [7, 11) is 1.82. The van der Waals surface area contributed by atoms with Crippen molar-refractivity contribution in [3.05, 3.63) is 0 Å². The second kappa shape index (κ2) is 8.92. The fourth-order valence-corrected chi connectivity index (χ4v) is 3.53. The molecule has 1 aliphatic rings. The number of nitrogens with one attached hydrogen (secondary N) is 1. The topological polar surface area (TPSA) is 21.3 Å². The lowest BCUT2D eigenvalue weighted by Gasteiger charge is -2.37. The van der Waals surface area contributed by atoms with E-state index in [1.54, 1.807) is 0 Å². The van der Waals surface area contributed by atoms with Crippen molar-refractivity contribution in [3.63, 3.8) is 0 Å². The fraction of sp³-hybridized carbons (Fsp3) is 1.00. The standard InChI is InChI=1S/C16H33NO/c1-5-14-9-7-8-10-15(14)16(17-6-2)12-11-13(3)18-4/h13-17H,5-12H2,1-4H3. The Bertz CT molecular complexity index is 207. The van der Waals surface area contributed by atoms with E-state index >= 15 is 0 Å². The van der Waals surface area contributed by atoms with E-state index in [1.165, 1.54) is 44.9 Å². The van der Waals surface area contributed by atoms with Crippen LogP contribution in [0.5, 0.6) is 0 Å². The Morgan fingerprint density at radius 1 is 1.17 bits per heavy atom. The molecule has 0 aliphatic heterocycles. The van der Waals surface area contributed by atoms with Crippen LogP contribution >= 0.6 is 0 Å². The Hall–Kier alpha value is -0.0800. The molecule has 1 fully saturated rings. The van der Waals surface area contributed by atoms with E-state index in [-0.39, 0.29) is 0 Å². The van der Waals surface area contributed by atoms with Crippen LogP contribution in [0.4, 0.5) is 0 Å². The van der Waals surface area contributed by atoms with Crippen LogP contribution in [-0.4, -0.2) is 25.8 Å². The number of methoxy groups -OCH3 is 1. The van der Waals surface area contributed by atoms with E-state index in [0.29, 0.717) is 12.1 Å². The van der Waals surface area contributed by atoms with E-state index in [1.807, 2.05) is 7.11 Å². The molecular formula is C16H33NO. The Balaban J connectivity index is 2.52. The highest BCUT2D eigenvalue weighted by molar-refractivity contribution is 4.84. The van der Waals surface area contributed by atoms with Gasteiger partial charge in [0.25, 0.3) is 0 Å². The van der Waals surface area contributed by atoms with Gasteiger partial charge in [0.1, 0.15) is 0 Å². The number of ether oxygens (including phenoxy) is 1. The van der Waals surface area contributed by atoms with Crippen molar-refractivity contribution in [2.24, 2.45) is 11.8 Å². The molecule has 2 nitrogen and oxygen atoms in total. The predicted molar refractivity (Wildman–Crippen MR) is 78.9 cm³/mol. The predicted octanol–water partition coefficient (Wildman–Crippen LogP) is 4.00. The van der Waals surface area contributed by atoms with Crippen molar-refractivity contribution in [1.29, 1.82) is 0 Å². The molecule has 1 saturated carbocycles. The molecule has 0 aromatic carbocycles. The first kappa shape index (κ1) is 16.0. The van der Waals surface area contributed by atoms with Gasteiger partial charge >= 0.3 is 0 Å². The second-order valence-electron chi connectivity index (χ2n) is 5.90. The molecule has 0 amide bonds. The number of hydrogen-bond acceptors (Lipinski definition) is 2. The Kier molecular flexibility index (Phi) is 7.92. The van der Waals surface area contributed by atoms with E-state index in [4.69, 9.17) is 4.74 Å². The van der Waals surface area contributed by atoms with Crippen molar-refractivity contribution in [2.75, 3.05) is 13.7 Å². The minimum atomic E-state index is 0.398. The molecule has 18 heavy (non-hydrogen) atoms. The van der Waals surface area contributed by atoms with Crippen molar-refractivity contribution in [1.82, 2.24) is 5.32 Å². The highest BCUT2D eigenvalue weighted by Gasteiger charge is 2.30. The van der Waals surface area contributed by atoms with Crippen LogP contribution in [-0.2, 0) is 4.74 Å². The van der Waals surface area contributed by atoms with Gasteiger partial charge in [-0.15, -0.1) is 0 Å². The summed E-state index contributed by atoms with van der Waals surface area (Å²) in [6.45, 7) is 7.88. The molecule has 0 aromatic heterocycles.